The number of rotatable bonds is 4. The minimum Gasteiger partial charge on any atom is -0.452 e. The molecule has 4 rings (SSSR count). The first-order chi connectivity index (χ1) is 15.1. The third kappa shape index (κ3) is 4.07. The summed E-state index contributed by atoms with van der Waals surface area (Å²) in [7, 11) is 1.71. The Morgan fingerprint density at radius 1 is 1.16 bits per heavy atom. The number of benzene rings is 1. The molecule has 8 nitrogen and oxygen atoms in total. The highest BCUT2D eigenvalue weighted by molar-refractivity contribution is 5.73. The lowest BCUT2D eigenvalue weighted by Gasteiger charge is -2.36. The molecule has 3 N–H and O–H groups in total. The summed E-state index contributed by atoms with van der Waals surface area (Å²) in [5.74, 6) is 0.104. The van der Waals surface area contributed by atoms with Gasteiger partial charge in [-0.05, 0) is 25.1 Å². The van der Waals surface area contributed by atoms with E-state index in [1.807, 2.05) is 0 Å². The van der Waals surface area contributed by atoms with E-state index in [2.05, 4.69) is 30.2 Å². The van der Waals surface area contributed by atoms with E-state index in [-0.39, 0.29) is 11.3 Å². The summed E-state index contributed by atoms with van der Waals surface area (Å²) in [5, 5.41) is 6.80. The predicted molar refractivity (Wildman–Crippen MR) is 107 cm³/mol. The molecule has 0 aliphatic carbocycles. The van der Waals surface area contributed by atoms with Crippen molar-refractivity contribution >= 4 is 11.8 Å². The molecule has 0 fully saturated rings. The van der Waals surface area contributed by atoms with Crippen LogP contribution in [0.2, 0.25) is 0 Å². The lowest BCUT2D eigenvalue weighted by molar-refractivity contribution is -0.208. The standard InChI is InChI=1S/C20H18F4N6O2/c1-19(7-16(20(22,23)24)31-18(25)29-19)11-5-10(3-4-12(11)21)15-6-13(30-32-15)14-8-28-17(26-2)9-27-14/h3-6,8-9,16H,7H2,1-2H3,(H2,25,29)(H,26,28)/t16-,19-/m0/s1. The highest BCUT2D eigenvalue weighted by Crippen LogP contribution is 2.41. The van der Waals surface area contributed by atoms with E-state index < -0.39 is 36.1 Å². The summed E-state index contributed by atoms with van der Waals surface area (Å²) < 4.78 is 64.5. The molecule has 0 spiro atoms. The Hall–Kier alpha value is -3.70. The molecule has 1 aliphatic rings. The van der Waals surface area contributed by atoms with Gasteiger partial charge in [0.2, 0.25) is 0 Å². The number of hydrogen-bond donors (Lipinski definition) is 2. The van der Waals surface area contributed by atoms with Crippen molar-refractivity contribution in [3.05, 3.63) is 48.0 Å². The molecular formula is C20H18F4N6O2. The summed E-state index contributed by atoms with van der Waals surface area (Å²) in [6.45, 7) is 1.37. The normalized spacial score (nSPS) is 21.1. The number of aliphatic imine (C=N–C) groups is 1. The Labute approximate surface area is 179 Å². The van der Waals surface area contributed by atoms with Gasteiger partial charge in [-0.1, -0.05) is 5.16 Å². The van der Waals surface area contributed by atoms with Gasteiger partial charge >= 0.3 is 6.18 Å². The van der Waals surface area contributed by atoms with Crippen LogP contribution in [0.1, 0.15) is 18.9 Å². The van der Waals surface area contributed by atoms with Crippen molar-refractivity contribution in [2.24, 2.45) is 10.7 Å². The van der Waals surface area contributed by atoms with Crippen molar-refractivity contribution in [2.75, 3.05) is 12.4 Å². The fourth-order valence-electron chi connectivity index (χ4n) is 3.43. The second-order valence-electron chi connectivity index (χ2n) is 7.38. The Kier molecular flexibility index (Phi) is 5.23. The first-order valence-corrected chi connectivity index (χ1v) is 9.45. The molecule has 0 amide bonds. The van der Waals surface area contributed by atoms with Crippen LogP contribution in [-0.2, 0) is 10.3 Å². The first kappa shape index (κ1) is 21.5. The number of anilines is 1. The van der Waals surface area contributed by atoms with E-state index in [1.54, 1.807) is 13.1 Å². The van der Waals surface area contributed by atoms with Crippen LogP contribution in [0.25, 0.3) is 22.7 Å². The van der Waals surface area contributed by atoms with E-state index in [0.29, 0.717) is 22.8 Å². The van der Waals surface area contributed by atoms with Crippen molar-refractivity contribution in [1.82, 2.24) is 15.1 Å². The molecule has 1 aliphatic heterocycles. The smallest absolute Gasteiger partial charge is 0.425 e. The van der Waals surface area contributed by atoms with Gasteiger partial charge in [0.25, 0.3) is 6.02 Å². The lowest BCUT2D eigenvalue weighted by Crippen LogP contribution is -2.46. The zero-order valence-corrected chi connectivity index (χ0v) is 16.9. The van der Waals surface area contributed by atoms with Gasteiger partial charge in [-0.3, -0.25) is 0 Å². The zero-order valence-electron chi connectivity index (χ0n) is 16.9. The first-order valence-electron chi connectivity index (χ1n) is 9.45. The highest BCUT2D eigenvalue weighted by Gasteiger charge is 2.50. The number of ether oxygens (including phenoxy) is 1. The molecule has 2 atom stereocenters. The van der Waals surface area contributed by atoms with Crippen LogP contribution in [0.5, 0.6) is 0 Å². The van der Waals surface area contributed by atoms with E-state index in [1.165, 1.54) is 31.5 Å². The number of alkyl halides is 3. The molecule has 3 heterocycles. The van der Waals surface area contributed by atoms with Gasteiger partial charge in [0, 0.05) is 30.7 Å². The van der Waals surface area contributed by atoms with Gasteiger partial charge in [-0.15, -0.1) is 0 Å². The number of nitrogens with one attached hydrogen (secondary N) is 1. The van der Waals surface area contributed by atoms with Crippen molar-refractivity contribution < 1.29 is 26.8 Å². The molecule has 0 saturated heterocycles. The Balaban J connectivity index is 1.69. The Morgan fingerprint density at radius 2 is 1.94 bits per heavy atom. The summed E-state index contributed by atoms with van der Waals surface area (Å²) in [6.07, 6.45) is -4.50. The predicted octanol–water partition coefficient (Wildman–Crippen LogP) is 3.86. The topological polar surface area (TPSA) is 111 Å². The second-order valence-corrected chi connectivity index (χ2v) is 7.38. The summed E-state index contributed by atoms with van der Waals surface area (Å²) in [4.78, 5) is 12.3. The maximum atomic E-state index is 14.7. The van der Waals surface area contributed by atoms with Gasteiger partial charge < -0.3 is 20.3 Å². The number of nitrogens with zero attached hydrogens (tertiary/aromatic N) is 4. The molecule has 168 valence electrons. The molecule has 32 heavy (non-hydrogen) atoms. The second kappa shape index (κ2) is 7.77. The van der Waals surface area contributed by atoms with Gasteiger partial charge in [0.1, 0.15) is 23.0 Å². The maximum Gasteiger partial charge on any atom is 0.425 e. The largest absolute Gasteiger partial charge is 0.452 e. The molecule has 3 aromatic rings. The lowest BCUT2D eigenvalue weighted by atomic mass is 9.84. The van der Waals surface area contributed by atoms with Crippen molar-refractivity contribution in [1.29, 1.82) is 0 Å². The average Bonchev–Trinajstić information content (AvgIpc) is 3.23. The SMILES string of the molecule is CNc1cnc(-c2cc(-c3ccc(F)c([C@]4(C)C[C@@H](C(F)(F)F)OC(N)=N4)c3)on2)cn1. The quantitative estimate of drug-likeness (QED) is 0.581. The molecule has 0 unspecified atom stereocenters. The van der Waals surface area contributed by atoms with E-state index in [0.717, 1.165) is 6.07 Å². The van der Waals surface area contributed by atoms with E-state index in [9.17, 15) is 17.6 Å². The van der Waals surface area contributed by atoms with Crippen LogP contribution in [-0.4, -0.2) is 40.5 Å². The van der Waals surface area contributed by atoms with Crippen LogP contribution < -0.4 is 11.1 Å². The van der Waals surface area contributed by atoms with Crippen LogP contribution >= 0.6 is 0 Å². The summed E-state index contributed by atoms with van der Waals surface area (Å²) in [5.41, 5.74) is 5.03. The number of nitrogens with two attached hydrogens (primary N) is 1. The van der Waals surface area contributed by atoms with Gasteiger partial charge in [0.05, 0.1) is 17.9 Å². The van der Waals surface area contributed by atoms with Gasteiger partial charge in [-0.2, -0.15) is 13.2 Å². The summed E-state index contributed by atoms with van der Waals surface area (Å²) in [6, 6.07) is 4.84. The molecule has 0 bridgehead atoms. The van der Waals surface area contributed by atoms with Crippen LogP contribution in [0.4, 0.5) is 23.4 Å². The summed E-state index contributed by atoms with van der Waals surface area (Å²) >= 11 is 0. The molecular weight excluding hydrogens is 432 g/mol. The molecule has 2 aromatic heterocycles. The Morgan fingerprint density at radius 3 is 2.59 bits per heavy atom. The molecule has 1 aromatic carbocycles. The van der Waals surface area contributed by atoms with Crippen LogP contribution in [0, 0.1) is 5.82 Å². The van der Waals surface area contributed by atoms with Crippen molar-refractivity contribution in [3.63, 3.8) is 0 Å². The molecule has 0 radical (unpaired) electrons. The Bertz CT molecular complexity index is 1160. The fourth-order valence-corrected chi connectivity index (χ4v) is 3.43. The molecule has 0 saturated carbocycles. The number of amidine groups is 1. The minimum atomic E-state index is -4.68. The third-order valence-corrected chi connectivity index (χ3v) is 5.08. The van der Waals surface area contributed by atoms with Gasteiger partial charge in [0.15, 0.2) is 11.9 Å². The number of hydrogen-bond acceptors (Lipinski definition) is 8. The number of aromatic nitrogens is 3. The monoisotopic (exact) mass is 450 g/mol. The van der Waals surface area contributed by atoms with E-state index in [4.69, 9.17) is 10.3 Å². The molecule has 12 heteroatoms. The third-order valence-electron chi connectivity index (χ3n) is 5.08. The number of halogens is 4. The maximum absolute atomic E-state index is 14.7. The average molecular weight is 450 g/mol. The zero-order chi connectivity index (χ0) is 23.1. The highest BCUT2D eigenvalue weighted by atomic mass is 19.4. The van der Waals surface area contributed by atoms with Crippen LogP contribution in [0.3, 0.4) is 0 Å². The van der Waals surface area contributed by atoms with Crippen LogP contribution in [0.15, 0.2) is 46.2 Å². The van der Waals surface area contributed by atoms with Gasteiger partial charge in [-0.25, -0.2) is 19.4 Å². The van der Waals surface area contributed by atoms with Crippen molar-refractivity contribution in [2.45, 2.75) is 31.2 Å². The van der Waals surface area contributed by atoms with Crippen molar-refractivity contribution in [3.8, 4) is 22.7 Å². The minimum absolute atomic E-state index is 0.0772. The fraction of sp³-hybridized carbons (Fsp3) is 0.300. The van der Waals surface area contributed by atoms with E-state index >= 15 is 0 Å².